The Kier molecular flexibility index (Phi) is 8.76. The van der Waals surface area contributed by atoms with E-state index in [0.29, 0.717) is 6.42 Å². The van der Waals surface area contributed by atoms with Crippen molar-refractivity contribution < 1.29 is 44.7 Å². The Labute approximate surface area is 162 Å². The highest BCUT2D eigenvalue weighted by atomic mass is 16.7. The number of aliphatic hydroxyl groups excluding tert-OH is 3. The van der Waals surface area contributed by atoms with Crippen molar-refractivity contribution >= 4 is 17.8 Å². The Morgan fingerprint density at radius 1 is 1.29 bits per heavy atom. The van der Waals surface area contributed by atoms with Crippen LogP contribution in [-0.2, 0) is 19.1 Å². The van der Waals surface area contributed by atoms with Gasteiger partial charge < -0.3 is 40.9 Å². The molecule has 1 heterocycles. The zero-order valence-corrected chi connectivity index (χ0v) is 16.2. The minimum absolute atomic E-state index is 0.300. The van der Waals surface area contributed by atoms with Gasteiger partial charge in [0.1, 0.15) is 12.2 Å². The first-order valence-corrected chi connectivity index (χ1v) is 9.15. The van der Waals surface area contributed by atoms with Gasteiger partial charge in [0.25, 0.3) is 5.79 Å². The molecular formula is C17H30N2O9. The highest BCUT2D eigenvalue weighted by Gasteiger charge is 2.53. The zero-order chi connectivity index (χ0) is 21.6. The summed E-state index contributed by atoms with van der Waals surface area (Å²) in [7, 11) is 0. The van der Waals surface area contributed by atoms with Crippen molar-refractivity contribution in [1.82, 2.24) is 10.6 Å². The lowest BCUT2D eigenvalue weighted by atomic mass is 9.88. The number of carboxylic acid groups (broad SMARTS) is 1. The van der Waals surface area contributed by atoms with Gasteiger partial charge in [0.2, 0.25) is 11.8 Å². The fourth-order valence-electron chi connectivity index (χ4n) is 3.09. The van der Waals surface area contributed by atoms with Crippen LogP contribution in [0.1, 0.15) is 40.0 Å². The molecule has 0 radical (unpaired) electrons. The van der Waals surface area contributed by atoms with Crippen LogP contribution in [0.2, 0.25) is 0 Å². The number of carbonyl (C=O) groups excluding carboxylic acids is 2. The van der Waals surface area contributed by atoms with E-state index in [4.69, 9.17) is 9.84 Å². The third-order valence-electron chi connectivity index (χ3n) is 4.67. The van der Waals surface area contributed by atoms with E-state index >= 15 is 0 Å². The average Bonchev–Trinajstić information content (AvgIpc) is 2.60. The molecule has 0 aromatic rings. The summed E-state index contributed by atoms with van der Waals surface area (Å²) in [5.74, 6) is -5.83. The molecule has 11 nitrogen and oxygen atoms in total. The quantitative estimate of drug-likeness (QED) is 0.221. The predicted octanol–water partition coefficient (Wildman–Crippen LogP) is -2.31. The van der Waals surface area contributed by atoms with Gasteiger partial charge in [-0.2, -0.15) is 0 Å². The van der Waals surface area contributed by atoms with Crippen molar-refractivity contribution in [2.75, 3.05) is 6.54 Å². The number of hydrogen-bond donors (Lipinski definition) is 7. The summed E-state index contributed by atoms with van der Waals surface area (Å²) >= 11 is 0. The lowest BCUT2D eigenvalue weighted by Gasteiger charge is -2.44. The van der Waals surface area contributed by atoms with Gasteiger partial charge in [-0.25, -0.2) is 4.79 Å². The van der Waals surface area contributed by atoms with Crippen LogP contribution >= 0.6 is 0 Å². The number of hydrogen-bond acceptors (Lipinski definition) is 8. The number of carboxylic acids is 1. The van der Waals surface area contributed by atoms with Crippen molar-refractivity contribution in [2.24, 2.45) is 5.92 Å². The van der Waals surface area contributed by atoms with E-state index in [0.717, 1.165) is 13.3 Å². The molecule has 28 heavy (non-hydrogen) atoms. The van der Waals surface area contributed by atoms with Crippen molar-refractivity contribution in [3.8, 4) is 0 Å². The van der Waals surface area contributed by atoms with Crippen LogP contribution in [-0.4, -0.2) is 86.1 Å². The second kappa shape index (κ2) is 10.1. The second-order valence-electron chi connectivity index (χ2n) is 7.16. The van der Waals surface area contributed by atoms with Crippen LogP contribution in [0.3, 0.4) is 0 Å². The Morgan fingerprint density at radius 3 is 2.39 bits per heavy atom. The molecule has 7 N–H and O–H groups in total. The van der Waals surface area contributed by atoms with E-state index in [1.54, 1.807) is 6.92 Å². The molecule has 7 unspecified atom stereocenters. The van der Waals surface area contributed by atoms with Gasteiger partial charge in [-0.1, -0.05) is 20.3 Å². The topological polar surface area (TPSA) is 186 Å². The van der Waals surface area contributed by atoms with Crippen LogP contribution in [0, 0.1) is 5.92 Å². The Bertz CT molecular complexity index is 573. The maximum Gasteiger partial charge on any atom is 0.364 e. The van der Waals surface area contributed by atoms with E-state index in [9.17, 15) is 34.8 Å². The van der Waals surface area contributed by atoms with Crippen LogP contribution in [0.25, 0.3) is 0 Å². The van der Waals surface area contributed by atoms with Gasteiger partial charge in [-0.15, -0.1) is 0 Å². The first-order valence-electron chi connectivity index (χ1n) is 9.15. The maximum atomic E-state index is 11.9. The molecule has 0 saturated carbocycles. The van der Waals surface area contributed by atoms with Gasteiger partial charge in [0, 0.05) is 25.8 Å². The summed E-state index contributed by atoms with van der Waals surface area (Å²) < 4.78 is 5.05. The number of ether oxygens (including phenoxy) is 1. The smallest absolute Gasteiger partial charge is 0.364 e. The monoisotopic (exact) mass is 406 g/mol. The molecule has 1 aliphatic rings. The van der Waals surface area contributed by atoms with E-state index < -0.39 is 54.5 Å². The molecule has 0 aromatic heterocycles. The number of nitrogens with one attached hydrogen (secondary N) is 2. The molecule has 0 bridgehead atoms. The van der Waals surface area contributed by atoms with E-state index in [1.165, 1.54) is 0 Å². The third-order valence-corrected chi connectivity index (χ3v) is 4.67. The summed E-state index contributed by atoms with van der Waals surface area (Å²) in [6.07, 6.45) is -5.96. The van der Waals surface area contributed by atoms with Crippen molar-refractivity contribution in [3.05, 3.63) is 0 Å². The third kappa shape index (κ3) is 6.11. The fraction of sp³-hybridized carbons (Fsp3) is 0.824. The van der Waals surface area contributed by atoms with Crippen molar-refractivity contribution in [1.29, 1.82) is 0 Å². The zero-order valence-electron chi connectivity index (χ0n) is 16.2. The van der Waals surface area contributed by atoms with Crippen LogP contribution in [0.5, 0.6) is 0 Å². The normalized spacial score (nSPS) is 30.8. The number of aliphatic carboxylic acids is 1. The van der Waals surface area contributed by atoms with Gasteiger partial charge in [-0.05, 0) is 6.42 Å². The predicted molar refractivity (Wildman–Crippen MR) is 94.8 cm³/mol. The van der Waals surface area contributed by atoms with Crippen molar-refractivity contribution in [2.45, 2.75) is 76.3 Å². The molecule has 0 spiro atoms. The van der Waals surface area contributed by atoms with E-state index in [1.807, 2.05) is 6.92 Å². The highest BCUT2D eigenvalue weighted by Crippen LogP contribution is 2.30. The average molecular weight is 406 g/mol. The summed E-state index contributed by atoms with van der Waals surface area (Å²) in [6.45, 7) is 4.39. The van der Waals surface area contributed by atoms with Crippen LogP contribution in [0.4, 0.5) is 0 Å². The molecule has 0 aromatic carbocycles. The molecular weight excluding hydrogens is 376 g/mol. The fourth-order valence-corrected chi connectivity index (χ4v) is 3.09. The summed E-state index contributed by atoms with van der Waals surface area (Å²) in [5, 5.41) is 54.8. The van der Waals surface area contributed by atoms with Crippen LogP contribution in [0.15, 0.2) is 0 Å². The summed E-state index contributed by atoms with van der Waals surface area (Å²) in [5.41, 5.74) is 0. The Hall–Kier alpha value is -1.79. The molecule has 1 fully saturated rings. The molecule has 1 aliphatic heterocycles. The number of rotatable bonds is 9. The molecule has 0 aliphatic carbocycles. The summed E-state index contributed by atoms with van der Waals surface area (Å²) in [4.78, 5) is 34.6. The van der Waals surface area contributed by atoms with Gasteiger partial charge in [0.05, 0.1) is 18.2 Å². The SMILES string of the molecule is CCCC(C)C(=O)NCC(O)C(O)C1OC(O)(C(=O)O)CC(O)C1NC(C)=O. The van der Waals surface area contributed by atoms with Gasteiger partial charge in [0.15, 0.2) is 0 Å². The molecule has 7 atom stereocenters. The van der Waals surface area contributed by atoms with Crippen LogP contribution < -0.4 is 10.6 Å². The molecule has 162 valence electrons. The lowest BCUT2D eigenvalue weighted by molar-refractivity contribution is -0.294. The molecule has 1 rings (SSSR count). The highest BCUT2D eigenvalue weighted by molar-refractivity contribution is 5.78. The minimum Gasteiger partial charge on any atom is -0.477 e. The Morgan fingerprint density at radius 2 is 1.89 bits per heavy atom. The second-order valence-corrected chi connectivity index (χ2v) is 7.16. The van der Waals surface area contributed by atoms with E-state index in [-0.39, 0.29) is 18.4 Å². The first kappa shape index (κ1) is 24.2. The molecule has 1 saturated heterocycles. The number of aliphatic hydroxyl groups is 4. The number of amides is 2. The van der Waals surface area contributed by atoms with Crippen molar-refractivity contribution in [3.63, 3.8) is 0 Å². The first-order chi connectivity index (χ1) is 12.9. The number of carbonyl (C=O) groups is 3. The van der Waals surface area contributed by atoms with Gasteiger partial charge in [-0.3, -0.25) is 9.59 Å². The maximum absolute atomic E-state index is 11.9. The van der Waals surface area contributed by atoms with E-state index in [2.05, 4.69) is 10.6 Å². The lowest BCUT2D eigenvalue weighted by Crippen LogP contribution is -2.67. The minimum atomic E-state index is -2.81. The largest absolute Gasteiger partial charge is 0.477 e. The molecule has 2 amide bonds. The standard InChI is InChI=1S/C17H30N2O9/c1-4-5-8(2)15(24)18-7-11(22)13(23)14-12(19-9(3)20)10(21)6-17(27,28-14)16(25)26/h8,10-14,21-23,27H,4-7H2,1-3H3,(H,18,24)(H,19,20)(H,25,26). The van der Waals surface area contributed by atoms with Gasteiger partial charge >= 0.3 is 5.97 Å². The Balaban J connectivity index is 2.90. The summed E-state index contributed by atoms with van der Waals surface area (Å²) in [6, 6.07) is -1.28. The molecule has 11 heteroatoms.